The predicted molar refractivity (Wildman–Crippen MR) is 80.1 cm³/mol. The standard InChI is InChI=1S/C17H14N2/c1-12(2)16(10-18)17(11-19)15-8-7-13-5-3-4-6-14(13)9-15/h3-9,11,19H,1H2,2H3. The van der Waals surface area contributed by atoms with Gasteiger partial charge in [-0.05, 0) is 34.9 Å². The molecule has 0 heterocycles. The van der Waals surface area contributed by atoms with Crippen LogP contribution in [0.3, 0.4) is 0 Å². The third-order valence-electron chi connectivity index (χ3n) is 3.01. The fourth-order valence-electron chi connectivity index (χ4n) is 2.04. The molecule has 92 valence electrons. The molecular weight excluding hydrogens is 232 g/mol. The normalized spacial score (nSPS) is 11.6. The van der Waals surface area contributed by atoms with Crippen LogP contribution in [0, 0.1) is 16.7 Å². The molecule has 0 bridgehead atoms. The number of hydrogen-bond donors (Lipinski definition) is 1. The second kappa shape index (κ2) is 5.32. The first-order chi connectivity index (χ1) is 9.17. The largest absolute Gasteiger partial charge is 0.308 e. The minimum Gasteiger partial charge on any atom is -0.308 e. The lowest BCUT2D eigenvalue weighted by atomic mass is 9.95. The molecule has 2 aromatic rings. The van der Waals surface area contributed by atoms with Gasteiger partial charge in [-0.2, -0.15) is 5.26 Å². The predicted octanol–water partition coefficient (Wildman–Crippen LogP) is 4.34. The number of nitriles is 1. The molecule has 19 heavy (non-hydrogen) atoms. The van der Waals surface area contributed by atoms with Crippen molar-refractivity contribution >= 4 is 22.6 Å². The zero-order valence-corrected chi connectivity index (χ0v) is 10.8. The van der Waals surface area contributed by atoms with E-state index in [2.05, 4.69) is 12.6 Å². The third-order valence-corrected chi connectivity index (χ3v) is 3.01. The molecule has 0 unspecified atom stereocenters. The molecule has 2 nitrogen and oxygen atoms in total. The molecule has 0 saturated carbocycles. The maximum atomic E-state index is 9.20. The van der Waals surface area contributed by atoms with E-state index >= 15 is 0 Å². The van der Waals surface area contributed by atoms with Gasteiger partial charge in [-0.15, -0.1) is 0 Å². The Morgan fingerprint density at radius 2 is 1.89 bits per heavy atom. The minimum absolute atomic E-state index is 0.463. The van der Waals surface area contributed by atoms with E-state index in [0.29, 0.717) is 16.7 Å². The summed E-state index contributed by atoms with van der Waals surface area (Å²) in [5.41, 5.74) is 2.62. The number of hydrogen-bond acceptors (Lipinski definition) is 2. The van der Waals surface area contributed by atoms with E-state index in [1.807, 2.05) is 42.5 Å². The third kappa shape index (κ3) is 2.46. The molecule has 2 rings (SSSR count). The Bertz CT molecular complexity index is 730. The van der Waals surface area contributed by atoms with Crippen molar-refractivity contribution in [1.82, 2.24) is 0 Å². The highest BCUT2D eigenvalue weighted by Gasteiger charge is 2.08. The first-order valence-electron chi connectivity index (χ1n) is 5.97. The van der Waals surface area contributed by atoms with Crippen LogP contribution in [0.2, 0.25) is 0 Å². The van der Waals surface area contributed by atoms with Gasteiger partial charge in [-0.1, -0.05) is 43.0 Å². The van der Waals surface area contributed by atoms with Crippen LogP contribution in [-0.2, 0) is 0 Å². The molecule has 0 spiro atoms. The quantitative estimate of drug-likeness (QED) is 0.488. The fraction of sp³-hybridized carbons (Fsp3) is 0.0588. The van der Waals surface area contributed by atoms with Crippen molar-refractivity contribution < 1.29 is 0 Å². The van der Waals surface area contributed by atoms with Gasteiger partial charge in [-0.3, -0.25) is 0 Å². The zero-order valence-electron chi connectivity index (χ0n) is 10.8. The highest BCUT2D eigenvalue weighted by molar-refractivity contribution is 6.12. The maximum Gasteiger partial charge on any atom is 0.100 e. The molecule has 0 aromatic heterocycles. The number of nitrogens with one attached hydrogen (secondary N) is 1. The Kier molecular flexibility index (Phi) is 3.58. The molecule has 0 fully saturated rings. The molecule has 0 aliphatic rings. The Morgan fingerprint density at radius 3 is 2.47 bits per heavy atom. The Morgan fingerprint density at radius 1 is 1.21 bits per heavy atom. The lowest BCUT2D eigenvalue weighted by Crippen LogP contribution is -1.93. The second-order valence-corrected chi connectivity index (χ2v) is 4.39. The van der Waals surface area contributed by atoms with Crippen molar-refractivity contribution in [2.75, 3.05) is 0 Å². The molecule has 0 aliphatic carbocycles. The number of allylic oxidation sites excluding steroid dienone is 3. The first-order valence-corrected chi connectivity index (χ1v) is 5.97. The first kappa shape index (κ1) is 12.8. The van der Waals surface area contributed by atoms with Crippen LogP contribution >= 0.6 is 0 Å². The lowest BCUT2D eigenvalue weighted by molar-refractivity contribution is 1.42. The molecule has 0 saturated heterocycles. The van der Waals surface area contributed by atoms with Crippen LogP contribution in [0.5, 0.6) is 0 Å². The smallest absolute Gasteiger partial charge is 0.100 e. The number of fused-ring (bicyclic) bond motifs is 1. The summed E-state index contributed by atoms with van der Waals surface area (Å²) >= 11 is 0. The van der Waals surface area contributed by atoms with Crippen LogP contribution in [0.25, 0.3) is 16.3 Å². The Hall–Kier alpha value is -2.66. The van der Waals surface area contributed by atoms with E-state index in [4.69, 9.17) is 5.41 Å². The van der Waals surface area contributed by atoms with Gasteiger partial charge in [0.2, 0.25) is 0 Å². The maximum absolute atomic E-state index is 9.20. The van der Waals surface area contributed by atoms with E-state index in [1.165, 1.54) is 6.21 Å². The molecular formula is C17H14N2. The van der Waals surface area contributed by atoms with Gasteiger partial charge in [0.05, 0.1) is 5.57 Å². The van der Waals surface area contributed by atoms with Gasteiger partial charge < -0.3 is 5.41 Å². The van der Waals surface area contributed by atoms with Crippen molar-refractivity contribution in [3.05, 3.63) is 65.8 Å². The van der Waals surface area contributed by atoms with Gasteiger partial charge in [0.15, 0.2) is 0 Å². The number of nitrogens with zero attached hydrogens (tertiary/aromatic N) is 1. The second-order valence-electron chi connectivity index (χ2n) is 4.39. The van der Waals surface area contributed by atoms with Gasteiger partial charge in [0.1, 0.15) is 6.07 Å². The van der Waals surface area contributed by atoms with E-state index in [1.54, 1.807) is 6.92 Å². The summed E-state index contributed by atoms with van der Waals surface area (Å²) in [5.74, 6) is 0. The van der Waals surface area contributed by atoms with Crippen LogP contribution in [0.4, 0.5) is 0 Å². The summed E-state index contributed by atoms with van der Waals surface area (Å²) in [7, 11) is 0. The fourth-order valence-corrected chi connectivity index (χ4v) is 2.04. The van der Waals surface area contributed by atoms with Crippen molar-refractivity contribution in [3.63, 3.8) is 0 Å². The zero-order chi connectivity index (χ0) is 13.8. The van der Waals surface area contributed by atoms with Crippen molar-refractivity contribution in [2.45, 2.75) is 6.92 Å². The van der Waals surface area contributed by atoms with E-state index < -0.39 is 0 Å². The summed E-state index contributed by atoms with van der Waals surface area (Å²) in [6, 6.07) is 16.1. The van der Waals surface area contributed by atoms with Gasteiger partial charge >= 0.3 is 0 Å². The molecule has 0 aliphatic heterocycles. The van der Waals surface area contributed by atoms with E-state index in [-0.39, 0.29) is 0 Å². The average Bonchev–Trinajstić information content (AvgIpc) is 2.43. The Labute approximate surface area is 112 Å². The minimum atomic E-state index is 0.463. The number of benzene rings is 2. The molecule has 2 aromatic carbocycles. The van der Waals surface area contributed by atoms with Crippen LogP contribution in [-0.4, -0.2) is 6.21 Å². The summed E-state index contributed by atoms with van der Waals surface area (Å²) in [4.78, 5) is 0. The average molecular weight is 246 g/mol. The molecule has 0 amide bonds. The topological polar surface area (TPSA) is 47.6 Å². The SMILES string of the molecule is C=C(C)C(C#N)=C(C=N)c1ccc2ccccc2c1. The van der Waals surface area contributed by atoms with Gasteiger partial charge in [0.25, 0.3) is 0 Å². The molecule has 0 radical (unpaired) electrons. The highest BCUT2D eigenvalue weighted by atomic mass is 14.3. The van der Waals surface area contributed by atoms with E-state index in [9.17, 15) is 5.26 Å². The summed E-state index contributed by atoms with van der Waals surface area (Å²) in [5, 5.41) is 19.0. The van der Waals surface area contributed by atoms with Crippen molar-refractivity contribution in [2.24, 2.45) is 0 Å². The lowest BCUT2D eigenvalue weighted by Gasteiger charge is -2.07. The van der Waals surface area contributed by atoms with Crippen LogP contribution in [0.15, 0.2) is 60.2 Å². The highest BCUT2D eigenvalue weighted by Crippen LogP contribution is 2.24. The Balaban J connectivity index is 2.69. The number of rotatable bonds is 3. The van der Waals surface area contributed by atoms with Crippen LogP contribution < -0.4 is 0 Å². The molecule has 2 heteroatoms. The van der Waals surface area contributed by atoms with Gasteiger partial charge in [0, 0.05) is 11.8 Å². The monoisotopic (exact) mass is 246 g/mol. The van der Waals surface area contributed by atoms with Crippen molar-refractivity contribution in [3.8, 4) is 6.07 Å². The summed E-state index contributed by atoms with van der Waals surface area (Å²) in [6.45, 7) is 5.58. The van der Waals surface area contributed by atoms with Gasteiger partial charge in [-0.25, -0.2) is 0 Å². The van der Waals surface area contributed by atoms with E-state index in [0.717, 1.165) is 16.3 Å². The summed E-state index contributed by atoms with van der Waals surface area (Å²) in [6.07, 6.45) is 1.22. The van der Waals surface area contributed by atoms with Crippen LogP contribution in [0.1, 0.15) is 12.5 Å². The summed E-state index contributed by atoms with van der Waals surface area (Å²) < 4.78 is 0. The van der Waals surface area contributed by atoms with Crippen molar-refractivity contribution in [1.29, 1.82) is 10.7 Å². The molecule has 1 N–H and O–H groups in total. The molecule has 0 atom stereocenters.